The standard InChI is InChI=1S/C17H20N4/c1-13(21-10-4-5-11-21)20-17-12-14(7-8-15(17)18)16-6-2-3-9-19-16/h2-3,6-9,12,20H,1,4-5,10-11,18H2. The molecule has 0 saturated carbocycles. The first-order valence-corrected chi connectivity index (χ1v) is 7.26. The van der Waals surface area contributed by atoms with Gasteiger partial charge in [0.05, 0.1) is 22.9 Å². The van der Waals surface area contributed by atoms with Gasteiger partial charge in [-0.15, -0.1) is 0 Å². The van der Waals surface area contributed by atoms with Gasteiger partial charge < -0.3 is 16.0 Å². The van der Waals surface area contributed by atoms with Crippen molar-refractivity contribution in [3.05, 3.63) is 55.0 Å². The van der Waals surface area contributed by atoms with E-state index in [2.05, 4.69) is 21.8 Å². The highest BCUT2D eigenvalue weighted by Gasteiger charge is 2.14. The first-order chi connectivity index (χ1) is 10.2. The number of benzene rings is 1. The quantitative estimate of drug-likeness (QED) is 0.844. The van der Waals surface area contributed by atoms with Crippen LogP contribution in [0.15, 0.2) is 55.0 Å². The predicted octanol–water partition coefficient (Wildman–Crippen LogP) is 3.31. The molecule has 3 N–H and O–H groups in total. The number of nitrogen functional groups attached to an aromatic ring is 1. The van der Waals surface area contributed by atoms with Crippen molar-refractivity contribution in [3.8, 4) is 11.3 Å². The van der Waals surface area contributed by atoms with E-state index in [9.17, 15) is 0 Å². The summed E-state index contributed by atoms with van der Waals surface area (Å²) in [5.74, 6) is 0.914. The number of aromatic nitrogens is 1. The molecule has 0 radical (unpaired) electrons. The van der Waals surface area contributed by atoms with E-state index >= 15 is 0 Å². The van der Waals surface area contributed by atoms with Gasteiger partial charge in [-0.1, -0.05) is 18.7 Å². The summed E-state index contributed by atoms with van der Waals surface area (Å²) in [5, 5.41) is 3.34. The summed E-state index contributed by atoms with van der Waals surface area (Å²) >= 11 is 0. The number of nitrogens with two attached hydrogens (primary N) is 1. The van der Waals surface area contributed by atoms with E-state index in [1.165, 1.54) is 12.8 Å². The Morgan fingerprint density at radius 1 is 1.19 bits per heavy atom. The normalized spacial score (nSPS) is 14.2. The summed E-state index contributed by atoms with van der Waals surface area (Å²) < 4.78 is 0. The van der Waals surface area contributed by atoms with Crippen LogP contribution >= 0.6 is 0 Å². The first-order valence-electron chi connectivity index (χ1n) is 7.26. The van der Waals surface area contributed by atoms with Crippen molar-refractivity contribution in [2.45, 2.75) is 12.8 Å². The van der Waals surface area contributed by atoms with Crippen molar-refractivity contribution in [3.63, 3.8) is 0 Å². The zero-order valence-corrected chi connectivity index (χ0v) is 12.0. The van der Waals surface area contributed by atoms with Crippen LogP contribution in [0.1, 0.15) is 12.8 Å². The van der Waals surface area contributed by atoms with E-state index in [4.69, 9.17) is 5.73 Å². The van der Waals surface area contributed by atoms with E-state index in [-0.39, 0.29) is 0 Å². The summed E-state index contributed by atoms with van der Waals surface area (Å²) in [6, 6.07) is 11.8. The van der Waals surface area contributed by atoms with Crippen LogP contribution in [0.5, 0.6) is 0 Å². The highest BCUT2D eigenvalue weighted by Crippen LogP contribution is 2.27. The van der Waals surface area contributed by atoms with Crippen LogP contribution in [-0.4, -0.2) is 23.0 Å². The number of rotatable bonds is 4. The van der Waals surface area contributed by atoms with Crippen molar-refractivity contribution in [2.75, 3.05) is 24.1 Å². The van der Waals surface area contributed by atoms with Gasteiger partial charge in [0.15, 0.2) is 0 Å². The Hall–Kier alpha value is -2.49. The molecule has 108 valence electrons. The minimum Gasteiger partial charge on any atom is -0.397 e. The highest BCUT2D eigenvalue weighted by atomic mass is 15.2. The lowest BCUT2D eigenvalue weighted by Crippen LogP contribution is -2.23. The van der Waals surface area contributed by atoms with Crippen LogP contribution in [0, 0.1) is 0 Å². The van der Waals surface area contributed by atoms with Crippen LogP contribution in [0.4, 0.5) is 11.4 Å². The number of nitrogens with zero attached hydrogens (tertiary/aromatic N) is 2. The summed E-state index contributed by atoms with van der Waals surface area (Å²) in [5.41, 5.74) is 9.65. The molecule has 1 aliphatic rings. The minimum absolute atomic E-state index is 0.718. The number of hydrogen-bond donors (Lipinski definition) is 2. The van der Waals surface area contributed by atoms with Gasteiger partial charge in [0.1, 0.15) is 0 Å². The van der Waals surface area contributed by atoms with E-state index in [1.807, 2.05) is 36.4 Å². The van der Waals surface area contributed by atoms with Gasteiger partial charge in [0.25, 0.3) is 0 Å². The second-order valence-electron chi connectivity index (χ2n) is 5.28. The molecule has 0 atom stereocenters. The Balaban J connectivity index is 1.83. The molecule has 0 aliphatic carbocycles. The molecule has 1 fully saturated rings. The molecule has 1 aromatic heterocycles. The predicted molar refractivity (Wildman–Crippen MR) is 87.7 cm³/mol. The van der Waals surface area contributed by atoms with Gasteiger partial charge in [-0.2, -0.15) is 0 Å². The molecule has 0 amide bonds. The lowest BCUT2D eigenvalue weighted by molar-refractivity contribution is 0.433. The SMILES string of the molecule is C=C(Nc1cc(-c2ccccn2)ccc1N)N1CCCC1. The molecule has 0 bridgehead atoms. The second kappa shape index (κ2) is 5.87. The Bertz CT molecular complexity index is 630. The van der Waals surface area contributed by atoms with Crippen LogP contribution < -0.4 is 11.1 Å². The smallest absolute Gasteiger partial charge is 0.0984 e. The molecule has 1 saturated heterocycles. The maximum absolute atomic E-state index is 6.07. The molecule has 2 aromatic rings. The maximum atomic E-state index is 6.07. The van der Waals surface area contributed by atoms with Gasteiger partial charge in [0, 0.05) is 24.8 Å². The van der Waals surface area contributed by atoms with E-state index < -0.39 is 0 Å². The third-order valence-electron chi connectivity index (χ3n) is 3.78. The summed E-state index contributed by atoms with van der Waals surface area (Å²) in [4.78, 5) is 6.63. The number of anilines is 2. The molecule has 2 heterocycles. The fourth-order valence-electron chi connectivity index (χ4n) is 2.58. The molecular weight excluding hydrogens is 260 g/mol. The molecule has 0 spiro atoms. The zero-order chi connectivity index (χ0) is 14.7. The van der Waals surface area contributed by atoms with Crippen molar-refractivity contribution < 1.29 is 0 Å². The molecule has 1 aliphatic heterocycles. The molecular formula is C17H20N4. The fourth-order valence-corrected chi connectivity index (χ4v) is 2.58. The van der Waals surface area contributed by atoms with Gasteiger partial charge in [-0.3, -0.25) is 4.98 Å². The molecule has 3 rings (SSSR count). The summed E-state index contributed by atoms with van der Waals surface area (Å²) in [6.45, 7) is 6.24. The highest BCUT2D eigenvalue weighted by molar-refractivity contribution is 5.75. The maximum Gasteiger partial charge on any atom is 0.0984 e. The Morgan fingerprint density at radius 2 is 2.00 bits per heavy atom. The fraction of sp³-hybridized carbons (Fsp3) is 0.235. The topological polar surface area (TPSA) is 54.2 Å². The van der Waals surface area contributed by atoms with E-state index in [0.29, 0.717) is 0 Å². The minimum atomic E-state index is 0.718. The second-order valence-corrected chi connectivity index (χ2v) is 5.28. The summed E-state index contributed by atoms with van der Waals surface area (Å²) in [7, 11) is 0. The lowest BCUT2D eigenvalue weighted by atomic mass is 10.1. The van der Waals surface area contributed by atoms with Gasteiger partial charge >= 0.3 is 0 Å². The third-order valence-corrected chi connectivity index (χ3v) is 3.78. The van der Waals surface area contributed by atoms with E-state index in [1.54, 1.807) is 6.20 Å². The number of pyridine rings is 1. The van der Waals surface area contributed by atoms with Crippen molar-refractivity contribution in [1.82, 2.24) is 9.88 Å². The summed E-state index contributed by atoms with van der Waals surface area (Å²) in [6.07, 6.45) is 4.25. The van der Waals surface area contributed by atoms with Crippen LogP contribution in [0.3, 0.4) is 0 Å². The van der Waals surface area contributed by atoms with Crippen LogP contribution in [0.2, 0.25) is 0 Å². The lowest BCUT2D eigenvalue weighted by Gasteiger charge is -2.22. The molecule has 0 unspecified atom stereocenters. The van der Waals surface area contributed by atoms with Crippen molar-refractivity contribution >= 4 is 11.4 Å². The van der Waals surface area contributed by atoms with Crippen molar-refractivity contribution in [1.29, 1.82) is 0 Å². The number of hydrogen-bond acceptors (Lipinski definition) is 4. The van der Waals surface area contributed by atoms with E-state index in [0.717, 1.165) is 41.5 Å². The average molecular weight is 280 g/mol. The molecule has 4 heteroatoms. The zero-order valence-electron chi connectivity index (χ0n) is 12.0. The Morgan fingerprint density at radius 3 is 2.71 bits per heavy atom. The number of likely N-dealkylation sites (tertiary alicyclic amines) is 1. The Labute approximate surface area is 125 Å². The van der Waals surface area contributed by atoms with Crippen molar-refractivity contribution in [2.24, 2.45) is 0 Å². The number of nitrogens with one attached hydrogen (secondary N) is 1. The Kier molecular flexibility index (Phi) is 3.77. The average Bonchev–Trinajstić information content (AvgIpc) is 3.05. The first kappa shape index (κ1) is 13.5. The monoisotopic (exact) mass is 280 g/mol. The van der Waals surface area contributed by atoms with Crippen LogP contribution in [-0.2, 0) is 0 Å². The molecule has 4 nitrogen and oxygen atoms in total. The van der Waals surface area contributed by atoms with Crippen LogP contribution in [0.25, 0.3) is 11.3 Å². The largest absolute Gasteiger partial charge is 0.397 e. The van der Waals surface area contributed by atoms with Gasteiger partial charge in [-0.25, -0.2) is 0 Å². The molecule has 1 aromatic carbocycles. The van der Waals surface area contributed by atoms with Gasteiger partial charge in [-0.05, 0) is 37.1 Å². The molecule has 21 heavy (non-hydrogen) atoms. The third kappa shape index (κ3) is 2.99. The van der Waals surface area contributed by atoms with Gasteiger partial charge in [0.2, 0.25) is 0 Å².